The first kappa shape index (κ1) is 21.4. The highest BCUT2D eigenvalue weighted by atomic mass is 16.5. The summed E-state index contributed by atoms with van der Waals surface area (Å²) in [6.45, 7) is 0.516. The van der Waals surface area contributed by atoms with Crippen LogP contribution in [0.15, 0.2) is 109 Å². The predicted octanol–water partition coefficient (Wildman–Crippen LogP) is 6.31. The maximum absolute atomic E-state index is 10.6. The van der Waals surface area contributed by atoms with Crippen LogP contribution in [0.4, 0.5) is 0 Å². The average Bonchev–Trinajstić information content (AvgIpc) is 2.85. The van der Waals surface area contributed by atoms with Crippen molar-refractivity contribution in [3.8, 4) is 11.5 Å². The SMILES string of the molecule is OCCC(=C(c1ccc(OCc2ccccc2)cc1)c1ccccc1O)c1ccccc1. The van der Waals surface area contributed by atoms with Crippen molar-refractivity contribution >= 4 is 11.1 Å². The van der Waals surface area contributed by atoms with Gasteiger partial charge in [0.25, 0.3) is 0 Å². The molecule has 0 unspecified atom stereocenters. The molecule has 0 fully saturated rings. The van der Waals surface area contributed by atoms with E-state index in [-0.39, 0.29) is 12.4 Å². The minimum Gasteiger partial charge on any atom is -0.507 e. The molecule has 0 amide bonds. The third-order valence-electron chi connectivity index (χ3n) is 5.35. The Kier molecular flexibility index (Phi) is 7.01. The third kappa shape index (κ3) is 5.08. The highest BCUT2D eigenvalue weighted by Gasteiger charge is 2.16. The molecule has 0 spiro atoms. The molecule has 160 valence electrons. The van der Waals surface area contributed by atoms with Crippen molar-refractivity contribution in [3.63, 3.8) is 0 Å². The maximum atomic E-state index is 10.6. The Morgan fingerprint density at radius 2 is 1.28 bits per heavy atom. The van der Waals surface area contributed by atoms with Gasteiger partial charge in [-0.1, -0.05) is 91.0 Å². The van der Waals surface area contributed by atoms with Crippen LogP contribution < -0.4 is 4.74 Å². The van der Waals surface area contributed by atoms with Crippen molar-refractivity contribution in [3.05, 3.63) is 131 Å². The molecule has 4 aromatic rings. The van der Waals surface area contributed by atoms with Crippen LogP contribution in [0.5, 0.6) is 11.5 Å². The monoisotopic (exact) mass is 422 g/mol. The number of benzene rings is 4. The van der Waals surface area contributed by atoms with E-state index >= 15 is 0 Å². The summed E-state index contributed by atoms with van der Waals surface area (Å²) in [6.07, 6.45) is 0.472. The Labute approximate surface area is 188 Å². The second-order valence-electron chi connectivity index (χ2n) is 7.51. The van der Waals surface area contributed by atoms with Gasteiger partial charge in [0, 0.05) is 12.2 Å². The summed E-state index contributed by atoms with van der Waals surface area (Å²) in [7, 11) is 0. The smallest absolute Gasteiger partial charge is 0.123 e. The number of rotatable bonds is 8. The minimum absolute atomic E-state index is 0.0135. The molecule has 0 aliphatic heterocycles. The van der Waals surface area contributed by atoms with Crippen molar-refractivity contribution in [1.82, 2.24) is 0 Å². The van der Waals surface area contributed by atoms with Gasteiger partial charge in [0.1, 0.15) is 18.1 Å². The fourth-order valence-corrected chi connectivity index (χ4v) is 3.80. The number of para-hydroxylation sites is 1. The molecule has 4 rings (SSSR count). The lowest BCUT2D eigenvalue weighted by molar-refractivity contribution is 0.305. The van der Waals surface area contributed by atoms with E-state index in [1.807, 2.05) is 103 Å². The van der Waals surface area contributed by atoms with Crippen LogP contribution in [-0.2, 0) is 6.61 Å². The van der Waals surface area contributed by atoms with Crippen LogP contribution in [0.1, 0.15) is 28.7 Å². The molecule has 0 saturated heterocycles. The lowest BCUT2D eigenvalue weighted by Gasteiger charge is -2.18. The summed E-state index contributed by atoms with van der Waals surface area (Å²) >= 11 is 0. The molecule has 0 saturated carbocycles. The number of aromatic hydroxyl groups is 1. The Balaban J connectivity index is 1.74. The number of ether oxygens (including phenoxy) is 1. The van der Waals surface area contributed by atoms with Gasteiger partial charge in [-0.05, 0) is 52.5 Å². The number of hydrogen-bond acceptors (Lipinski definition) is 3. The van der Waals surface area contributed by atoms with Crippen molar-refractivity contribution in [2.45, 2.75) is 13.0 Å². The number of hydrogen-bond donors (Lipinski definition) is 2. The van der Waals surface area contributed by atoms with Gasteiger partial charge in [0.15, 0.2) is 0 Å². The number of aliphatic hydroxyl groups is 1. The van der Waals surface area contributed by atoms with Crippen LogP contribution in [-0.4, -0.2) is 16.8 Å². The summed E-state index contributed by atoms with van der Waals surface area (Å²) in [6, 6.07) is 35.3. The number of phenolic OH excluding ortho intramolecular Hbond substituents is 1. The molecule has 32 heavy (non-hydrogen) atoms. The van der Waals surface area contributed by atoms with Crippen LogP contribution in [0.3, 0.4) is 0 Å². The van der Waals surface area contributed by atoms with E-state index in [4.69, 9.17) is 4.74 Å². The molecular weight excluding hydrogens is 396 g/mol. The summed E-state index contributed by atoms with van der Waals surface area (Å²) in [5.41, 5.74) is 5.69. The van der Waals surface area contributed by atoms with Crippen LogP contribution in [0.2, 0.25) is 0 Å². The van der Waals surface area contributed by atoms with Gasteiger partial charge in [-0.25, -0.2) is 0 Å². The molecule has 3 nitrogen and oxygen atoms in total. The molecule has 0 aromatic heterocycles. The first-order chi connectivity index (χ1) is 15.8. The quantitative estimate of drug-likeness (QED) is 0.327. The van der Waals surface area contributed by atoms with Crippen LogP contribution in [0.25, 0.3) is 11.1 Å². The molecule has 0 radical (unpaired) electrons. The van der Waals surface area contributed by atoms with Gasteiger partial charge in [-0.15, -0.1) is 0 Å². The topological polar surface area (TPSA) is 49.7 Å². The molecule has 3 heteroatoms. The van der Waals surface area contributed by atoms with Crippen molar-refractivity contribution in [1.29, 1.82) is 0 Å². The highest BCUT2D eigenvalue weighted by molar-refractivity contribution is 6.00. The molecule has 4 aromatic carbocycles. The van der Waals surface area contributed by atoms with E-state index in [0.29, 0.717) is 13.0 Å². The van der Waals surface area contributed by atoms with Crippen molar-refractivity contribution < 1.29 is 14.9 Å². The molecule has 0 bridgehead atoms. The average molecular weight is 423 g/mol. The van der Waals surface area contributed by atoms with Gasteiger partial charge in [-0.3, -0.25) is 0 Å². The van der Waals surface area contributed by atoms with Crippen molar-refractivity contribution in [2.24, 2.45) is 0 Å². The van der Waals surface area contributed by atoms with E-state index in [1.54, 1.807) is 6.07 Å². The molecule has 0 aliphatic carbocycles. The third-order valence-corrected chi connectivity index (χ3v) is 5.35. The van der Waals surface area contributed by atoms with Gasteiger partial charge in [0.2, 0.25) is 0 Å². The Bertz CT molecular complexity index is 1160. The van der Waals surface area contributed by atoms with Crippen LogP contribution >= 0.6 is 0 Å². The molecule has 0 heterocycles. The standard InChI is InChI=1S/C29H26O3/c30-20-19-26(23-11-5-2-6-12-23)29(27-13-7-8-14-28(27)31)24-15-17-25(18-16-24)32-21-22-9-3-1-4-10-22/h1-18,30-31H,19-21H2. The van der Waals surface area contributed by atoms with Gasteiger partial charge in [0.05, 0.1) is 0 Å². The Morgan fingerprint density at radius 1 is 0.656 bits per heavy atom. The first-order valence-electron chi connectivity index (χ1n) is 10.7. The summed E-state index contributed by atoms with van der Waals surface area (Å²) in [5, 5.41) is 20.5. The lowest BCUT2D eigenvalue weighted by Crippen LogP contribution is -1.99. The number of phenols is 1. The molecular formula is C29H26O3. The minimum atomic E-state index is 0.0135. The van der Waals surface area contributed by atoms with Gasteiger partial charge >= 0.3 is 0 Å². The predicted molar refractivity (Wildman–Crippen MR) is 129 cm³/mol. The molecule has 0 aliphatic rings. The van der Waals surface area contributed by atoms with Gasteiger partial charge in [-0.2, -0.15) is 0 Å². The van der Waals surface area contributed by atoms with Crippen molar-refractivity contribution in [2.75, 3.05) is 6.61 Å². The molecule has 0 atom stereocenters. The second-order valence-corrected chi connectivity index (χ2v) is 7.51. The van der Waals surface area contributed by atoms with E-state index in [0.717, 1.165) is 39.1 Å². The zero-order valence-electron chi connectivity index (χ0n) is 17.8. The maximum Gasteiger partial charge on any atom is 0.123 e. The fourth-order valence-electron chi connectivity index (χ4n) is 3.80. The second kappa shape index (κ2) is 10.5. The van der Waals surface area contributed by atoms with E-state index < -0.39 is 0 Å². The fraction of sp³-hybridized carbons (Fsp3) is 0.103. The largest absolute Gasteiger partial charge is 0.507 e. The zero-order chi connectivity index (χ0) is 22.2. The van der Waals surface area contributed by atoms with Gasteiger partial charge < -0.3 is 14.9 Å². The van der Waals surface area contributed by atoms with Crippen LogP contribution in [0, 0.1) is 0 Å². The Hall–Kier alpha value is -3.82. The lowest BCUT2D eigenvalue weighted by atomic mass is 9.87. The molecule has 2 N–H and O–H groups in total. The van der Waals surface area contributed by atoms with E-state index in [1.165, 1.54) is 0 Å². The summed E-state index contributed by atoms with van der Waals surface area (Å²) in [4.78, 5) is 0. The normalized spacial score (nSPS) is 11.7. The summed E-state index contributed by atoms with van der Waals surface area (Å²) in [5.74, 6) is 0.982. The highest BCUT2D eigenvalue weighted by Crippen LogP contribution is 2.38. The first-order valence-corrected chi connectivity index (χ1v) is 10.7. The van der Waals surface area contributed by atoms with E-state index in [2.05, 4.69) is 0 Å². The summed E-state index contributed by atoms with van der Waals surface area (Å²) < 4.78 is 5.94. The van der Waals surface area contributed by atoms with E-state index in [9.17, 15) is 10.2 Å². The number of aliphatic hydroxyl groups excluding tert-OH is 1. The Morgan fingerprint density at radius 3 is 1.94 bits per heavy atom. The zero-order valence-corrected chi connectivity index (χ0v) is 17.8.